The molecule has 0 heterocycles. The van der Waals surface area contributed by atoms with Gasteiger partial charge in [0.2, 0.25) is 11.8 Å². The molecule has 0 aliphatic carbocycles. The van der Waals surface area contributed by atoms with E-state index in [1.54, 1.807) is 39.8 Å². The van der Waals surface area contributed by atoms with Gasteiger partial charge in [-0.1, -0.05) is 32.9 Å². The number of hydrogen-bond donors (Lipinski definition) is 2. The molecule has 1 rings (SSSR count). The van der Waals surface area contributed by atoms with Gasteiger partial charge in [0.25, 0.3) is 0 Å². The molecule has 0 aliphatic heterocycles. The maximum absolute atomic E-state index is 12.1. The van der Waals surface area contributed by atoms with Gasteiger partial charge >= 0.3 is 6.61 Å². The average Bonchev–Trinajstić information content (AvgIpc) is 2.43. The van der Waals surface area contributed by atoms with Gasteiger partial charge in [-0.3, -0.25) is 9.59 Å². The molecule has 0 fully saturated rings. The molecule has 1 unspecified atom stereocenters. The molecule has 1 aromatic rings. The summed E-state index contributed by atoms with van der Waals surface area (Å²) in [4.78, 5) is 23.5. The largest absolute Gasteiger partial charge is 0.435 e. The number of halogens is 2. The highest BCUT2D eigenvalue weighted by Crippen LogP contribution is 2.19. The fraction of sp³-hybridized carbons (Fsp3) is 0.500. The third-order valence-corrected chi connectivity index (χ3v) is 3.07. The van der Waals surface area contributed by atoms with Gasteiger partial charge in [0, 0.05) is 5.41 Å². The van der Waals surface area contributed by atoms with Crippen LogP contribution >= 0.6 is 0 Å². The van der Waals surface area contributed by atoms with Crippen molar-refractivity contribution >= 4 is 11.8 Å². The highest BCUT2D eigenvalue weighted by molar-refractivity contribution is 5.87. The minimum absolute atomic E-state index is 0.0553. The molecule has 0 saturated heterocycles. The summed E-state index contributed by atoms with van der Waals surface area (Å²) in [5.41, 5.74) is 0.175. The lowest BCUT2D eigenvalue weighted by atomic mass is 9.96. The maximum Gasteiger partial charge on any atom is 0.387 e. The summed E-state index contributed by atoms with van der Waals surface area (Å²) in [6.07, 6.45) is 0. The van der Waals surface area contributed by atoms with Crippen molar-refractivity contribution in [3.63, 3.8) is 0 Å². The lowest BCUT2D eigenvalue weighted by molar-refractivity contribution is -0.131. The molecule has 2 N–H and O–H groups in total. The Bertz CT molecular complexity index is 539. The summed E-state index contributed by atoms with van der Waals surface area (Å²) < 4.78 is 28.4. The van der Waals surface area contributed by atoms with Crippen LogP contribution in [0, 0.1) is 5.41 Å². The highest BCUT2D eigenvalue weighted by atomic mass is 19.3. The Morgan fingerprint density at radius 3 is 2.22 bits per heavy atom. The van der Waals surface area contributed by atoms with Crippen molar-refractivity contribution < 1.29 is 23.1 Å². The van der Waals surface area contributed by atoms with Gasteiger partial charge in [0.15, 0.2) is 0 Å². The summed E-state index contributed by atoms with van der Waals surface area (Å²) in [5.74, 6) is -0.489. The summed E-state index contributed by atoms with van der Waals surface area (Å²) >= 11 is 0. The molecular formula is C16H22F2N2O3. The molecule has 1 atom stereocenters. The quantitative estimate of drug-likeness (QED) is 0.843. The Hall–Kier alpha value is -2.18. The lowest BCUT2D eigenvalue weighted by Crippen LogP contribution is -2.42. The first-order valence-electron chi connectivity index (χ1n) is 7.22. The van der Waals surface area contributed by atoms with E-state index in [0.717, 1.165) is 5.56 Å². The van der Waals surface area contributed by atoms with E-state index in [4.69, 9.17) is 0 Å². The number of hydrogen-bond acceptors (Lipinski definition) is 3. The molecule has 0 spiro atoms. The maximum atomic E-state index is 12.1. The number of ether oxygens (including phenoxy) is 1. The molecule has 0 saturated carbocycles. The normalized spacial score (nSPS) is 12.7. The van der Waals surface area contributed by atoms with Gasteiger partial charge in [-0.25, -0.2) is 0 Å². The number of amides is 2. The molecular weight excluding hydrogens is 306 g/mol. The highest BCUT2D eigenvalue weighted by Gasteiger charge is 2.21. The summed E-state index contributed by atoms with van der Waals surface area (Å²) in [6.45, 7) is 4.03. The molecule has 0 aliphatic rings. The molecule has 2 amide bonds. The minimum atomic E-state index is -2.87. The van der Waals surface area contributed by atoms with E-state index in [-0.39, 0.29) is 30.2 Å². The fourth-order valence-corrected chi connectivity index (χ4v) is 1.74. The lowest BCUT2D eigenvalue weighted by Gasteiger charge is -2.19. The number of benzene rings is 1. The summed E-state index contributed by atoms with van der Waals surface area (Å²) in [6, 6.07) is 5.68. The molecule has 128 valence electrons. The minimum Gasteiger partial charge on any atom is -0.435 e. The van der Waals surface area contributed by atoms with E-state index in [0.29, 0.717) is 0 Å². The zero-order chi connectivity index (χ0) is 17.6. The molecule has 1 aromatic carbocycles. The smallest absolute Gasteiger partial charge is 0.387 e. The predicted octanol–water partition coefficient (Wildman–Crippen LogP) is 2.63. The first-order chi connectivity index (χ1) is 10.6. The van der Waals surface area contributed by atoms with Crippen LogP contribution in [0.2, 0.25) is 0 Å². The van der Waals surface area contributed by atoms with Gasteiger partial charge in [0.05, 0.1) is 12.6 Å². The van der Waals surface area contributed by atoms with Crippen LogP contribution in [0.25, 0.3) is 0 Å². The zero-order valence-corrected chi connectivity index (χ0v) is 13.7. The number of nitrogens with one attached hydrogen (secondary N) is 2. The standard InChI is InChI=1S/C16H22F2N2O3/c1-10(11-5-7-12(8-6-11)23-15(17)18)20-13(21)9-19-14(22)16(2,3)4/h5-8,10,15H,9H2,1-4H3,(H,19,22)(H,20,21). The average molecular weight is 328 g/mol. The molecule has 0 aromatic heterocycles. The second-order valence-corrected chi connectivity index (χ2v) is 6.17. The predicted molar refractivity (Wildman–Crippen MR) is 82.1 cm³/mol. The van der Waals surface area contributed by atoms with Crippen molar-refractivity contribution in [1.29, 1.82) is 0 Å². The van der Waals surface area contributed by atoms with E-state index in [9.17, 15) is 18.4 Å². The molecule has 0 bridgehead atoms. The van der Waals surface area contributed by atoms with E-state index < -0.39 is 12.0 Å². The van der Waals surface area contributed by atoms with Gasteiger partial charge in [-0.2, -0.15) is 8.78 Å². The van der Waals surface area contributed by atoms with Gasteiger partial charge < -0.3 is 15.4 Å². The first kappa shape index (κ1) is 18.9. The second-order valence-electron chi connectivity index (χ2n) is 6.17. The van der Waals surface area contributed by atoms with Crippen LogP contribution in [0.1, 0.15) is 39.3 Å². The van der Waals surface area contributed by atoms with Crippen molar-refractivity contribution in [2.24, 2.45) is 5.41 Å². The fourth-order valence-electron chi connectivity index (χ4n) is 1.74. The van der Waals surface area contributed by atoms with E-state index in [2.05, 4.69) is 15.4 Å². The van der Waals surface area contributed by atoms with Gasteiger partial charge in [0.1, 0.15) is 5.75 Å². The summed E-state index contributed by atoms with van der Waals surface area (Å²) in [7, 11) is 0. The van der Waals surface area contributed by atoms with E-state index in [1.807, 2.05) is 0 Å². The Kier molecular flexibility index (Phi) is 6.48. The number of rotatable bonds is 6. The monoisotopic (exact) mass is 328 g/mol. The Morgan fingerprint density at radius 2 is 1.74 bits per heavy atom. The van der Waals surface area contributed by atoms with Crippen LogP contribution in [0.4, 0.5) is 8.78 Å². The molecule has 5 nitrogen and oxygen atoms in total. The Morgan fingerprint density at radius 1 is 1.17 bits per heavy atom. The van der Waals surface area contributed by atoms with Gasteiger partial charge in [-0.15, -0.1) is 0 Å². The third kappa shape index (κ3) is 6.63. The summed E-state index contributed by atoms with van der Waals surface area (Å²) in [5, 5.41) is 5.28. The van der Waals surface area contributed by atoms with Crippen LogP contribution in [-0.4, -0.2) is 25.0 Å². The van der Waals surface area contributed by atoms with E-state index >= 15 is 0 Å². The Balaban J connectivity index is 2.50. The Labute approximate surface area is 134 Å². The van der Waals surface area contributed by atoms with Crippen molar-refractivity contribution in [2.75, 3.05) is 6.54 Å². The number of carbonyl (C=O) groups excluding carboxylic acids is 2. The number of alkyl halides is 2. The molecule has 7 heteroatoms. The van der Waals surface area contributed by atoms with Gasteiger partial charge in [-0.05, 0) is 24.6 Å². The van der Waals surface area contributed by atoms with Crippen molar-refractivity contribution in [3.8, 4) is 5.75 Å². The van der Waals surface area contributed by atoms with Crippen LogP contribution in [-0.2, 0) is 9.59 Å². The van der Waals surface area contributed by atoms with Crippen LogP contribution in [0.5, 0.6) is 5.75 Å². The SMILES string of the molecule is CC(NC(=O)CNC(=O)C(C)(C)C)c1ccc(OC(F)F)cc1. The second kappa shape index (κ2) is 7.89. The topological polar surface area (TPSA) is 67.4 Å². The van der Waals surface area contributed by atoms with Crippen molar-refractivity contribution in [2.45, 2.75) is 40.3 Å². The molecule has 23 heavy (non-hydrogen) atoms. The van der Waals surface area contributed by atoms with Crippen LogP contribution < -0.4 is 15.4 Å². The molecule has 0 radical (unpaired) electrons. The van der Waals surface area contributed by atoms with E-state index in [1.165, 1.54) is 12.1 Å². The zero-order valence-electron chi connectivity index (χ0n) is 13.7. The van der Waals surface area contributed by atoms with Crippen molar-refractivity contribution in [3.05, 3.63) is 29.8 Å². The number of carbonyl (C=O) groups is 2. The van der Waals surface area contributed by atoms with Crippen molar-refractivity contribution in [1.82, 2.24) is 10.6 Å². The first-order valence-corrected chi connectivity index (χ1v) is 7.22. The third-order valence-electron chi connectivity index (χ3n) is 3.07. The van der Waals surface area contributed by atoms with Crippen LogP contribution in [0.3, 0.4) is 0 Å². The van der Waals surface area contributed by atoms with Crippen LogP contribution in [0.15, 0.2) is 24.3 Å².